The van der Waals surface area contributed by atoms with Crippen molar-refractivity contribution in [2.75, 3.05) is 23.7 Å². The summed E-state index contributed by atoms with van der Waals surface area (Å²) < 4.78 is 13.0. The van der Waals surface area contributed by atoms with Crippen LogP contribution in [0.1, 0.15) is 19.3 Å². The third-order valence-corrected chi connectivity index (χ3v) is 3.81. The van der Waals surface area contributed by atoms with Crippen LogP contribution in [0, 0.1) is 11.2 Å². The molecule has 3 rings (SSSR count). The molecule has 2 aliphatic rings. The maximum absolute atomic E-state index is 13.0. The van der Waals surface area contributed by atoms with E-state index in [-0.39, 0.29) is 11.5 Å². The number of anilines is 2. The quantitative estimate of drug-likeness (QED) is 0.715. The summed E-state index contributed by atoms with van der Waals surface area (Å²) in [6.45, 7) is 2.25. The molecule has 2 N–H and O–H groups in total. The van der Waals surface area contributed by atoms with Gasteiger partial charge in [0, 0.05) is 24.2 Å². The molecule has 1 heterocycles. The van der Waals surface area contributed by atoms with Gasteiger partial charge in [0.25, 0.3) is 0 Å². The lowest BCUT2D eigenvalue weighted by molar-refractivity contribution is 0.0904. The molecule has 1 aliphatic heterocycles. The van der Waals surface area contributed by atoms with Gasteiger partial charge in [-0.15, -0.1) is 0 Å². The van der Waals surface area contributed by atoms with Gasteiger partial charge in [-0.2, -0.15) is 0 Å². The third kappa shape index (κ3) is 1.29. The van der Waals surface area contributed by atoms with Crippen molar-refractivity contribution in [2.24, 2.45) is 5.41 Å². The average molecular weight is 206 g/mol. The van der Waals surface area contributed by atoms with Gasteiger partial charge >= 0.3 is 0 Å². The largest absolute Gasteiger partial charge is 0.396 e. The smallest absolute Gasteiger partial charge is 0.146 e. The molecule has 2 nitrogen and oxygen atoms in total. The number of halogens is 1. The molecule has 0 radical (unpaired) electrons. The van der Waals surface area contributed by atoms with Gasteiger partial charge in [-0.25, -0.2) is 4.39 Å². The van der Waals surface area contributed by atoms with Crippen LogP contribution in [0.15, 0.2) is 18.2 Å². The predicted octanol–water partition coefficient (Wildman–Crippen LogP) is 2.40. The molecule has 3 heteroatoms. The van der Waals surface area contributed by atoms with Crippen LogP contribution in [0.3, 0.4) is 0 Å². The van der Waals surface area contributed by atoms with Crippen LogP contribution in [-0.4, -0.2) is 13.1 Å². The van der Waals surface area contributed by atoms with Crippen LogP contribution < -0.4 is 10.6 Å². The molecule has 0 aromatic heterocycles. The first kappa shape index (κ1) is 9.01. The van der Waals surface area contributed by atoms with E-state index >= 15 is 0 Å². The summed E-state index contributed by atoms with van der Waals surface area (Å²) in [4.78, 5) is 2.29. The summed E-state index contributed by atoms with van der Waals surface area (Å²) in [5.41, 5.74) is 7.46. The first-order valence-corrected chi connectivity index (χ1v) is 5.49. The number of nitrogens with zero attached hydrogens (tertiary/aromatic N) is 1. The highest BCUT2D eigenvalue weighted by Gasteiger charge is 2.47. The SMILES string of the molecule is Nc1cc(N2CC3(CCC3)C2)ccc1F. The number of hydrogen-bond acceptors (Lipinski definition) is 2. The van der Waals surface area contributed by atoms with E-state index in [0.29, 0.717) is 5.41 Å². The lowest BCUT2D eigenvalue weighted by Gasteiger charge is -2.57. The lowest BCUT2D eigenvalue weighted by Crippen LogP contribution is -2.59. The zero-order valence-corrected chi connectivity index (χ0v) is 8.67. The first-order valence-electron chi connectivity index (χ1n) is 5.49. The molecule has 2 fully saturated rings. The lowest BCUT2D eigenvalue weighted by atomic mass is 9.63. The molecular formula is C12H15FN2. The number of benzene rings is 1. The molecule has 0 amide bonds. The molecule has 1 spiro atoms. The predicted molar refractivity (Wildman–Crippen MR) is 59.3 cm³/mol. The fourth-order valence-corrected chi connectivity index (χ4v) is 2.67. The summed E-state index contributed by atoms with van der Waals surface area (Å²) in [7, 11) is 0. The summed E-state index contributed by atoms with van der Waals surface area (Å²) in [5.74, 6) is -0.322. The molecule has 1 saturated heterocycles. The van der Waals surface area contributed by atoms with Crippen molar-refractivity contribution < 1.29 is 4.39 Å². The normalized spacial score (nSPS) is 22.3. The zero-order valence-electron chi connectivity index (χ0n) is 8.67. The van der Waals surface area contributed by atoms with Crippen LogP contribution in [0.4, 0.5) is 15.8 Å². The Hall–Kier alpha value is -1.25. The second kappa shape index (κ2) is 2.87. The van der Waals surface area contributed by atoms with Gasteiger partial charge in [-0.1, -0.05) is 6.42 Å². The van der Waals surface area contributed by atoms with Crippen LogP contribution in [0.2, 0.25) is 0 Å². The summed E-state index contributed by atoms with van der Waals surface area (Å²) >= 11 is 0. The Labute approximate surface area is 88.9 Å². The van der Waals surface area contributed by atoms with Crippen molar-refractivity contribution in [3.05, 3.63) is 24.0 Å². The fraction of sp³-hybridized carbons (Fsp3) is 0.500. The van der Waals surface area contributed by atoms with Crippen molar-refractivity contribution in [3.8, 4) is 0 Å². The van der Waals surface area contributed by atoms with Crippen LogP contribution >= 0.6 is 0 Å². The molecular weight excluding hydrogens is 191 g/mol. The minimum atomic E-state index is -0.322. The Kier molecular flexibility index (Phi) is 1.73. The number of rotatable bonds is 1. The number of hydrogen-bond donors (Lipinski definition) is 1. The summed E-state index contributed by atoms with van der Waals surface area (Å²) in [5, 5.41) is 0. The van der Waals surface area contributed by atoms with E-state index < -0.39 is 0 Å². The van der Waals surface area contributed by atoms with Crippen molar-refractivity contribution >= 4 is 11.4 Å². The Morgan fingerprint density at radius 3 is 2.53 bits per heavy atom. The first-order chi connectivity index (χ1) is 7.19. The number of nitrogens with two attached hydrogens (primary N) is 1. The third-order valence-electron chi connectivity index (χ3n) is 3.81. The Morgan fingerprint density at radius 1 is 1.27 bits per heavy atom. The van der Waals surface area contributed by atoms with E-state index in [1.807, 2.05) is 6.07 Å². The molecule has 0 atom stereocenters. The maximum Gasteiger partial charge on any atom is 0.146 e. The second-order valence-electron chi connectivity index (χ2n) is 4.92. The van der Waals surface area contributed by atoms with Gasteiger partial charge in [0.05, 0.1) is 5.69 Å². The minimum Gasteiger partial charge on any atom is -0.396 e. The Morgan fingerprint density at radius 2 is 2.00 bits per heavy atom. The van der Waals surface area contributed by atoms with Crippen LogP contribution in [0.5, 0.6) is 0 Å². The van der Waals surface area contributed by atoms with E-state index in [4.69, 9.17) is 5.73 Å². The van der Waals surface area contributed by atoms with Crippen LogP contribution in [0.25, 0.3) is 0 Å². The number of nitrogen functional groups attached to an aromatic ring is 1. The van der Waals surface area contributed by atoms with Gasteiger partial charge in [-0.05, 0) is 31.0 Å². The van der Waals surface area contributed by atoms with Crippen molar-refractivity contribution in [3.63, 3.8) is 0 Å². The molecule has 1 aromatic carbocycles. The molecule has 1 saturated carbocycles. The van der Waals surface area contributed by atoms with E-state index in [0.717, 1.165) is 18.8 Å². The Bertz CT molecular complexity index is 391. The molecule has 0 bridgehead atoms. The molecule has 80 valence electrons. The van der Waals surface area contributed by atoms with Gasteiger partial charge in [0.1, 0.15) is 5.82 Å². The average Bonchev–Trinajstić information content (AvgIpc) is 2.06. The minimum absolute atomic E-state index is 0.252. The van der Waals surface area contributed by atoms with E-state index in [1.54, 1.807) is 6.07 Å². The highest BCUT2D eigenvalue weighted by molar-refractivity contribution is 5.58. The van der Waals surface area contributed by atoms with Crippen molar-refractivity contribution in [1.29, 1.82) is 0 Å². The molecule has 1 aliphatic carbocycles. The van der Waals surface area contributed by atoms with Crippen molar-refractivity contribution in [2.45, 2.75) is 19.3 Å². The monoisotopic (exact) mass is 206 g/mol. The fourth-order valence-electron chi connectivity index (χ4n) is 2.67. The molecule has 1 aromatic rings. The van der Waals surface area contributed by atoms with E-state index in [1.165, 1.54) is 25.3 Å². The van der Waals surface area contributed by atoms with E-state index in [2.05, 4.69) is 4.90 Å². The van der Waals surface area contributed by atoms with Gasteiger partial charge in [-0.3, -0.25) is 0 Å². The zero-order chi connectivity index (χ0) is 10.5. The maximum atomic E-state index is 13.0. The van der Waals surface area contributed by atoms with E-state index in [9.17, 15) is 4.39 Å². The highest BCUT2D eigenvalue weighted by atomic mass is 19.1. The Balaban J connectivity index is 1.75. The molecule has 0 unspecified atom stereocenters. The second-order valence-corrected chi connectivity index (χ2v) is 4.92. The van der Waals surface area contributed by atoms with Gasteiger partial charge in [0.2, 0.25) is 0 Å². The standard InChI is InChI=1S/C12H15FN2/c13-10-3-2-9(6-11(10)14)15-7-12(8-15)4-1-5-12/h2-3,6H,1,4-5,7-8,14H2. The van der Waals surface area contributed by atoms with Gasteiger partial charge in [0.15, 0.2) is 0 Å². The summed E-state index contributed by atoms with van der Waals surface area (Å²) in [6, 6.07) is 5.01. The van der Waals surface area contributed by atoms with Gasteiger partial charge < -0.3 is 10.6 Å². The summed E-state index contributed by atoms with van der Waals surface area (Å²) in [6.07, 6.45) is 4.10. The van der Waals surface area contributed by atoms with Crippen molar-refractivity contribution in [1.82, 2.24) is 0 Å². The topological polar surface area (TPSA) is 29.3 Å². The van der Waals surface area contributed by atoms with Crippen LogP contribution in [-0.2, 0) is 0 Å². The highest BCUT2D eigenvalue weighted by Crippen LogP contribution is 2.49. The molecule has 15 heavy (non-hydrogen) atoms.